The second-order valence-electron chi connectivity index (χ2n) is 5.51. The minimum absolute atomic E-state index is 0.0614. The summed E-state index contributed by atoms with van der Waals surface area (Å²) in [6, 6.07) is 8.91. The number of carbonyl (C=O) groups is 1. The predicted molar refractivity (Wildman–Crippen MR) is 92.4 cm³/mol. The lowest BCUT2D eigenvalue weighted by molar-refractivity contribution is 0.0950. The molecule has 0 aliphatic heterocycles. The van der Waals surface area contributed by atoms with E-state index in [2.05, 4.69) is 10.6 Å². The normalized spacial score (nSPS) is 10.4. The first-order chi connectivity index (χ1) is 11.5. The summed E-state index contributed by atoms with van der Waals surface area (Å²) in [6.45, 7) is 2.86. The Bertz CT molecular complexity index is 716. The van der Waals surface area contributed by atoms with Crippen molar-refractivity contribution in [1.82, 2.24) is 5.32 Å². The van der Waals surface area contributed by atoms with Crippen molar-refractivity contribution in [2.45, 2.75) is 26.3 Å². The molecule has 0 radical (unpaired) electrons. The molecule has 2 aromatic rings. The van der Waals surface area contributed by atoms with E-state index in [1.54, 1.807) is 12.1 Å². The Kier molecular flexibility index (Phi) is 5.89. The molecule has 0 bridgehead atoms. The first-order valence-corrected chi connectivity index (χ1v) is 7.87. The molecule has 0 saturated heterocycles. The second kappa shape index (κ2) is 8.10. The van der Waals surface area contributed by atoms with Gasteiger partial charge in [0.25, 0.3) is 5.91 Å². The van der Waals surface area contributed by atoms with Gasteiger partial charge in [-0.05, 0) is 42.8 Å². The Labute approximate surface area is 140 Å². The maximum absolute atomic E-state index is 12.1. The van der Waals surface area contributed by atoms with Crippen LogP contribution in [0.2, 0.25) is 0 Å². The van der Waals surface area contributed by atoms with Gasteiger partial charge in [-0.2, -0.15) is 0 Å². The summed E-state index contributed by atoms with van der Waals surface area (Å²) in [5, 5.41) is 34.9. The molecule has 0 heterocycles. The summed E-state index contributed by atoms with van der Waals surface area (Å²) in [4.78, 5) is 12.1. The van der Waals surface area contributed by atoms with Crippen LogP contribution in [0.15, 0.2) is 36.4 Å². The number of benzene rings is 2. The molecule has 0 spiro atoms. The minimum atomic E-state index is -0.329. The number of aromatic hydroxyl groups is 3. The van der Waals surface area contributed by atoms with E-state index in [0.717, 1.165) is 12.8 Å². The van der Waals surface area contributed by atoms with Crippen LogP contribution in [-0.4, -0.2) is 27.8 Å². The van der Waals surface area contributed by atoms with Crippen LogP contribution in [0, 0.1) is 0 Å². The number of hydrogen-bond donors (Lipinski definition) is 5. The molecular weight excluding hydrogens is 308 g/mol. The maximum Gasteiger partial charge on any atom is 0.255 e. The van der Waals surface area contributed by atoms with Gasteiger partial charge in [-0.3, -0.25) is 4.79 Å². The zero-order chi connectivity index (χ0) is 17.5. The van der Waals surface area contributed by atoms with Gasteiger partial charge in [0.15, 0.2) is 0 Å². The maximum atomic E-state index is 12.1. The molecule has 24 heavy (non-hydrogen) atoms. The van der Waals surface area contributed by atoms with Crippen LogP contribution >= 0.6 is 0 Å². The van der Waals surface area contributed by atoms with Gasteiger partial charge in [0, 0.05) is 24.3 Å². The van der Waals surface area contributed by atoms with E-state index >= 15 is 0 Å². The van der Waals surface area contributed by atoms with Crippen molar-refractivity contribution in [2.24, 2.45) is 0 Å². The average molecular weight is 330 g/mol. The van der Waals surface area contributed by atoms with Crippen molar-refractivity contribution in [3.05, 3.63) is 47.5 Å². The summed E-state index contributed by atoms with van der Waals surface area (Å²) in [7, 11) is 0. The van der Waals surface area contributed by atoms with E-state index in [1.807, 2.05) is 6.92 Å². The molecule has 1 amide bonds. The van der Waals surface area contributed by atoms with E-state index < -0.39 is 0 Å². The Morgan fingerprint density at radius 1 is 1.04 bits per heavy atom. The molecule has 0 aliphatic carbocycles. The van der Waals surface area contributed by atoms with Crippen LogP contribution in [0.5, 0.6) is 17.2 Å². The lowest BCUT2D eigenvalue weighted by Crippen LogP contribution is -2.24. The third-order valence-corrected chi connectivity index (χ3v) is 3.60. The summed E-state index contributed by atoms with van der Waals surface area (Å²) in [5.41, 5.74) is 1.34. The lowest BCUT2D eigenvalue weighted by atomic mass is 10.1. The highest BCUT2D eigenvalue weighted by Crippen LogP contribution is 2.25. The topological polar surface area (TPSA) is 102 Å². The Hall–Kier alpha value is -2.89. The fourth-order valence-electron chi connectivity index (χ4n) is 2.21. The van der Waals surface area contributed by atoms with Crippen LogP contribution in [-0.2, 0) is 6.54 Å². The molecule has 0 saturated carbocycles. The first-order valence-electron chi connectivity index (χ1n) is 7.87. The van der Waals surface area contributed by atoms with Gasteiger partial charge >= 0.3 is 0 Å². The molecule has 6 heteroatoms. The summed E-state index contributed by atoms with van der Waals surface area (Å²) in [6.07, 6.45) is 1.85. The molecule has 2 aromatic carbocycles. The zero-order valence-electron chi connectivity index (χ0n) is 13.5. The van der Waals surface area contributed by atoms with E-state index in [9.17, 15) is 20.1 Å². The Balaban J connectivity index is 2.07. The number of nitrogens with one attached hydrogen (secondary N) is 2. The van der Waals surface area contributed by atoms with Crippen LogP contribution in [0.1, 0.15) is 35.7 Å². The number of unbranched alkanes of at least 4 members (excludes halogenated alkanes) is 1. The van der Waals surface area contributed by atoms with E-state index in [-0.39, 0.29) is 35.3 Å². The summed E-state index contributed by atoms with van der Waals surface area (Å²) >= 11 is 0. The number of rotatable bonds is 7. The fourth-order valence-corrected chi connectivity index (χ4v) is 2.21. The smallest absolute Gasteiger partial charge is 0.255 e. The molecule has 2 rings (SSSR count). The molecule has 0 atom stereocenters. The van der Waals surface area contributed by atoms with Gasteiger partial charge in [-0.25, -0.2) is 0 Å². The molecular formula is C18H22N2O4. The van der Waals surface area contributed by atoms with Crippen molar-refractivity contribution in [2.75, 3.05) is 11.9 Å². The van der Waals surface area contributed by atoms with Gasteiger partial charge in [0.2, 0.25) is 0 Å². The molecule has 5 N–H and O–H groups in total. The van der Waals surface area contributed by atoms with Crippen LogP contribution < -0.4 is 10.6 Å². The third-order valence-electron chi connectivity index (χ3n) is 3.60. The second-order valence-corrected chi connectivity index (χ2v) is 5.51. The molecule has 128 valence electrons. The molecule has 6 nitrogen and oxygen atoms in total. The molecule has 0 aliphatic rings. The molecule has 0 fully saturated rings. The van der Waals surface area contributed by atoms with Crippen LogP contribution in [0.3, 0.4) is 0 Å². The SMILES string of the molecule is CCCCNC(=O)c1cc(NCc2cc(O)ccc2O)ccc1O. The van der Waals surface area contributed by atoms with Gasteiger partial charge in [0.05, 0.1) is 5.56 Å². The third kappa shape index (κ3) is 4.55. The van der Waals surface area contributed by atoms with Crippen molar-refractivity contribution in [1.29, 1.82) is 0 Å². The largest absolute Gasteiger partial charge is 0.508 e. The minimum Gasteiger partial charge on any atom is -0.508 e. The van der Waals surface area contributed by atoms with Crippen molar-refractivity contribution < 1.29 is 20.1 Å². The van der Waals surface area contributed by atoms with Crippen LogP contribution in [0.25, 0.3) is 0 Å². The quantitative estimate of drug-likeness (QED) is 0.397. The number of hydrogen-bond acceptors (Lipinski definition) is 5. The van der Waals surface area contributed by atoms with Crippen molar-refractivity contribution >= 4 is 11.6 Å². The van der Waals surface area contributed by atoms with Gasteiger partial charge in [-0.1, -0.05) is 13.3 Å². The molecule has 0 aromatic heterocycles. The fraction of sp³-hybridized carbons (Fsp3) is 0.278. The number of anilines is 1. The van der Waals surface area contributed by atoms with Gasteiger partial charge in [0.1, 0.15) is 17.2 Å². The number of phenolic OH excluding ortho intramolecular Hbond substituents is 3. The Morgan fingerprint density at radius 2 is 1.79 bits per heavy atom. The van der Waals surface area contributed by atoms with Gasteiger partial charge in [-0.15, -0.1) is 0 Å². The van der Waals surface area contributed by atoms with E-state index in [0.29, 0.717) is 17.8 Å². The Morgan fingerprint density at radius 3 is 2.54 bits per heavy atom. The van der Waals surface area contributed by atoms with Crippen molar-refractivity contribution in [3.8, 4) is 17.2 Å². The van der Waals surface area contributed by atoms with Gasteiger partial charge < -0.3 is 26.0 Å². The number of amides is 1. The first kappa shape index (κ1) is 17.5. The predicted octanol–water partition coefficient (Wildman–Crippen LogP) is 2.95. The van der Waals surface area contributed by atoms with Crippen molar-refractivity contribution in [3.63, 3.8) is 0 Å². The van der Waals surface area contributed by atoms with E-state index in [4.69, 9.17) is 0 Å². The number of carbonyl (C=O) groups excluding carboxylic acids is 1. The highest BCUT2D eigenvalue weighted by Gasteiger charge is 2.12. The summed E-state index contributed by atoms with van der Waals surface area (Å²) < 4.78 is 0. The van der Waals surface area contributed by atoms with Crippen LogP contribution in [0.4, 0.5) is 5.69 Å². The van der Waals surface area contributed by atoms with E-state index in [1.165, 1.54) is 24.3 Å². The standard InChI is InChI=1S/C18H22N2O4/c1-2-3-8-19-18(24)15-10-13(4-6-17(15)23)20-11-12-9-14(21)5-7-16(12)22/h4-7,9-10,20-23H,2-3,8,11H2,1H3,(H,19,24). The highest BCUT2D eigenvalue weighted by atomic mass is 16.3. The highest BCUT2D eigenvalue weighted by molar-refractivity contribution is 5.97. The lowest BCUT2D eigenvalue weighted by Gasteiger charge is -2.11. The molecule has 0 unspecified atom stereocenters. The summed E-state index contributed by atoms with van der Waals surface area (Å²) in [5.74, 6) is -0.289. The monoisotopic (exact) mass is 330 g/mol. The number of phenols is 3. The average Bonchev–Trinajstić information content (AvgIpc) is 2.57. The zero-order valence-corrected chi connectivity index (χ0v) is 13.5.